The van der Waals surface area contributed by atoms with Gasteiger partial charge in [-0.15, -0.1) is 0 Å². The first-order valence-corrected chi connectivity index (χ1v) is 6.96. The predicted molar refractivity (Wildman–Crippen MR) is 75.4 cm³/mol. The van der Waals surface area contributed by atoms with Gasteiger partial charge in [0, 0.05) is 6.54 Å². The molecule has 112 valence electrons. The summed E-state index contributed by atoms with van der Waals surface area (Å²) in [5.74, 6) is 0.428. The highest BCUT2D eigenvalue weighted by Gasteiger charge is 2.32. The Morgan fingerprint density at radius 1 is 1.35 bits per heavy atom. The first kappa shape index (κ1) is 14.7. The van der Waals surface area contributed by atoms with Crippen molar-refractivity contribution in [1.29, 1.82) is 0 Å². The van der Waals surface area contributed by atoms with Crippen LogP contribution in [0.15, 0.2) is 4.79 Å². The van der Waals surface area contributed by atoms with Crippen molar-refractivity contribution in [2.24, 2.45) is 5.92 Å². The molecule has 6 nitrogen and oxygen atoms in total. The molecule has 6 heteroatoms. The molecule has 0 aliphatic carbocycles. The van der Waals surface area contributed by atoms with Crippen molar-refractivity contribution in [3.8, 4) is 0 Å². The number of aromatic nitrogens is 2. The highest BCUT2D eigenvalue weighted by atomic mass is 16.6. The third-order valence-electron chi connectivity index (χ3n) is 3.07. The van der Waals surface area contributed by atoms with Crippen LogP contribution in [0.1, 0.15) is 45.9 Å². The van der Waals surface area contributed by atoms with Crippen LogP contribution >= 0.6 is 0 Å². The molecule has 0 saturated carbocycles. The molecular formula is C14H23N3O3. The highest BCUT2D eigenvalue weighted by Crippen LogP contribution is 2.22. The van der Waals surface area contributed by atoms with Gasteiger partial charge in [0.2, 0.25) is 0 Å². The van der Waals surface area contributed by atoms with Gasteiger partial charge >= 0.3 is 6.09 Å². The maximum atomic E-state index is 12.1. The normalized spacial score (nSPS) is 14.8. The van der Waals surface area contributed by atoms with Crippen molar-refractivity contribution >= 4 is 6.09 Å². The lowest BCUT2D eigenvalue weighted by Crippen LogP contribution is -2.34. The van der Waals surface area contributed by atoms with Gasteiger partial charge in [0.05, 0.1) is 24.3 Å². The first-order valence-electron chi connectivity index (χ1n) is 6.96. The average molecular weight is 281 g/mol. The standard InChI is InChI=1S/C14H23N3O3/c1-9(2)6-17-11-8-16(7-10(11)12(18)15-17)13(19)20-14(3,4)5/h9H,6-8H2,1-5H3,(H,15,18). The number of nitrogens with one attached hydrogen (secondary N) is 1. The second kappa shape index (κ2) is 5.00. The van der Waals surface area contributed by atoms with E-state index in [1.807, 2.05) is 25.5 Å². The molecule has 0 spiro atoms. The molecule has 0 fully saturated rings. The number of rotatable bonds is 2. The Labute approximate surface area is 118 Å². The van der Waals surface area contributed by atoms with E-state index in [2.05, 4.69) is 18.9 Å². The van der Waals surface area contributed by atoms with Crippen molar-refractivity contribution in [3.05, 3.63) is 21.6 Å². The summed E-state index contributed by atoms with van der Waals surface area (Å²) in [5.41, 5.74) is 0.946. The van der Waals surface area contributed by atoms with E-state index >= 15 is 0 Å². The molecule has 0 bridgehead atoms. The van der Waals surface area contributed by atoms with Crippen LogP contribution in [0, 0.1) is 5.92 Å². The molecule has 2 heterocycles. The molecule has 0 radical (unpaired) electrons. The summed E-state index contributed by atoms with van der Waals surface area (Å²) in [6.07, 6.45) is -0.371. The van der Waals surface area contributed by atoms with E-state index in [1.165, 1.54) is 0 Å². The van der Waals surface area contributed by atoms with Crippen molar-refractivity contribution < 1.29 is 9.53 Å². The number of aromatic amines is 1. The van der Waals surface area contributed by atoms with Crippen LogP contribution in [-0.2, 0) is 24.4 Å². The molecule has 1 aliphatic heterocycles. The van der Waals surface area contributed by atoms with Gasteiger partial charge in [0.15, 0.2) is 0 Å². The van der Waals surface area contributed by atoms with Gasteiger partial charge in [-0.25, -0.2) is 4.79 Å². The topological polar surface area (TPSA) is 67.3 Å². The number of carbonyl (C=O) groups is 1. The Bertz CT molecular complexity index is 563. The number of hydrogen-bond acceptors (Lipinski definition) is 3. The summed E-state index contributed by atoms with van der Waals surface area (Å²) in [7, 11) is 0. The van der Waals surface area contributed by atoms with Gasteiger partial charge in [-0.3, -0.25) is 19.5 Å². The Kier molecular flexibility index (Phi) is 3.67. The van der Waals surface area contributed by atoms with E-state index in [0.29, 0.717) is 24.6 Å². The van der Waals surface area contributed by atoms with E-state index < -0.39 is 5.60 Å². The Morgan fingerprint density at radius 3 is 2.55 bits per heavy atom. The zero-order valence-electron chi connectivity index (χ0n) is 12.8. The SMILES string of the molecule is CC(C)Cn1[nH]c(=O)c2c1CN(C(=O)OC(C)(C)C)C2. The largest absolute Gasteiger partial charge is 0.444 e. The van der Waals surface area contributed by atoms with Gasteiger partial charge in [-0.05, 0) is 26.7 Å². The lowest BCUT2D eigenvalue weighted by atomic mass is 10.2. The minimum Gasteiger partial charge on any atom is -0.444 e. The van der Waals surface area contributed by atoms with Gasteiger partial charge in [-0.1, -0.05) is 13.8 Å². The zero-order chi connectivity index (χ0) is 15.1. The van der Waals surface area contributed by atoms with E-state index in [4.69, 9.17) is 4.74 Å². The lowest BCUT2D eigenvalue weighted by molar-refractivity contribution is 0.0237. The number of ether oxygens (including phenoxy) is 1. The number of carbonyl (C=O) groups excluding carboxylic acids is 1. The molecule has 0 aromatic carbocycles. The molecule has 1 aromatic rings. The van der Waals surface area contributed by atoms with Crippen molar-refractivity contribution in [2.45, 2.75) is 59.9 Å². The number of H-pyrrole nitrogens is 1. The molecule has 20 heavy (non-hydrogen) atoms. The van der Waals surface area contributed by atoms with Crippen LogP contribution in [0.4, 0.5) is 4.79 Å². The third-order valence-corrected chi connectivity index (χ3v) is 3.07. The number of nitrogens with zero attached hydrogens (tertiary/aromatic N) is 2. The highest BCUT2D eigenvalue weighted by molar-refractivity contribution is 5.69. The summed E-state index contributed by atoms with van der Waals surface area (Å²) in [6.45, 7) is 11.2. The smallest absolute Gasteiger partial charge is 0.410 e. The zero-order valence-corrected chi connectivity index (χ0v) is 12.8. The molecular weight excluding hydrogens is 258 g/mol. The summed E-state index contributed by atoms with van der Waals surface area (Å²) >= 11 is 0. The van der Waals surface area contributed by atoms with Crippen LogP contribution in [-0.4, -0.2) is 26.4 Å². The fourth-order valence-corrected chi connectivity index (χ4v) is 2.30. The van der Waals surface area contributed by atoms with Crippen molar-refractivity contribution in [3.63, 3.8) is 0 Å². The number of amides is 1. The number of fused-ring (bicyclic) bond motifs is 1. The van der Waals surface area contributed by atoms with E-state index in [0.717, 1.165) is 12.2 Å². The first-order chi connectivity index (χ1) is 9.17. The monoisotopic (exact) mass is 281 g/mol. The van der Waals surface area contributed by atoms with Crippen molar-refractivity contribution in [2.75, 3.05) is 0 Å². The van der Waals surface area contributed by atoms with Gasteiger partial charge in [0.25, 0.3) is 5.56 Å². The summed E-state index contributed by atoms with van der Waals surface area (Å²) in [4.78, 5) is 25.5. The molecule has 0 saturated heterocycles. The Balaban J connectivity index is 2.15. The summed E-state index contributed by atoms with van der Waals surface area (Å²) in [6, 6.07) is 0. The molecule has 1 aliphatic rings. The van der Waals surface area contributed by atoms with E-state index in [-0.39, 0.29) is 11.7 Å². The van der Waals surface area contributed by atoms with Crippen LogP contribution in [0.3, 0.4) is 0 Å². The van der Waals surface area contributed by atoms with E-state index in [1.54, 1.807) is 4.90 Å². The van der Waals surface area contributed by atoms with Gasteiger partial charge < -0.3 is 4.74 Å². The summed E-state index contributed by atoms with van der Waals surface area (Å²) < 4.78 is 7.20. The van der Waals surface area contributed by atoms with Gasteiger partial charge in [0.1, 0.15) is 5.60 Å². The molecule has 1 N–H and O–H groups in total. The van der Waals surface area contributed by atoms with Crippen LogP contribution in [0.25, 0.3) is 0 Å². The minimum absolute atomic E-state index is 0.105. The molecule has 2 rings (SSSR count). The second-order valence-corrected chi connectivity index (χ2v) is 6.71. The van der Waals surface area contributed by atoms with E-state index in [9.17, 15) is 9.59 Å². The molecule has 0 unspecified atom stereocenters. The molecule has 1 amide bonds. The van der Waals surface area contributed by atoms with Crippen LogP contribution in [0.5, 0.6) is 0 Å². The maximum absolute atomic E-state index is 12.1. The fraction of sp³-hybridized carbons (Fsp3) is 0.714. The maximum Gasteiger partial charge on any atom is 0.410 e. The molecule has 0 atom stereocenters. The summed E-state index contributed by atoms with van der Waals surface area (Å²) in [5, 5.41) is 2.84. The quantitative estimate of drug-likeness (QED) is 0.902. The minimum atomic E-state index is -0.524. The second-order valence-electron chi connectivity index (χ2n) is 6.71. The lowest BCUT2D eigenvalue weighted by Gasteiger charge is -2.24. The Morgan fingerprint density at radius 2 is 2.00 bits per heavy atom. The Hall–Kier alpha value is -1.72. The average Bonchev–Trinajstić information content (AvgIpc) is 2.78. The molecule has 1 aromatic heterocycles. The van der Waals surface area contributed by atoms with Crippen molar-refractivity contribution in [1.82, 2.24) is 14.7 Å². The van der Waals surface area contributed by atoms with Crippen LogP contribution in [0.2, 0.25) is 0 Å². The third kappa shape index (κ3) is 3.05. The fourth-order valence-electron chi connectivity index (χ4n) is 2.30. The predicted octanol–water partition coefficient (Wildman–Crippen LogP) is 2.08. The van der Waals surface area contributed by atoms with Gasteiger partial charge in [-0.2, -0.15) is 0 Å². The number of hydrogen-bond donors (Lipinski definition) is 1. The van der Waals surface area contributed by atoms with Crippen LogP contribution < -0.4 is 5.56 Å².